The molecule has 2 atom stereocenters. The summed E-state index contributed by atoms with van der Waals surface area (Å²) in [5.74, 6) is -0.967. The molecule has 1 aromatic heterocycles. The van der Waals surface area contributed by atoms with Gasteiger partial charge in [0.2, 0.25) is 0 Å². The lowest BCUT2D eigenvalue weighted by Crippen LogP contribution is -2.43. The predicted molar refractivity (Wildman–Crippen MR) is 129 cm³/mol. The summed E-state index contributed by atoms with van der Waals surface area (Å²) < 4.78 is 13.6. The van der Waals surface area contributed by atoms with E-state index in [0.29, 0.717) is 12.5 Å². The minimum atomic E-state index is -1.12. The number of fused-ring (bicyclic) bond motifs is 1. The summed E-state index contributed by atoms with van der Waals surface area (Å²) in [6.07, 6.45) is 5.53. The Labute approximate surface area is 203 Å². The fraction of sp³-hybridized carbons (Fsp3) is 0.480. The van der Waals surface area contributed by atoms with Crippen LogP contribution in [0.1, 0.15) is 47.3 Å². The molecule has 3 heterocycles. The lowest BCUT2D eigenvalue weighted by Gasteiger charge is -2.20. The Hall–Kier alpha value is -2.71. The van der Waals surface area contributed by atoms with Crippen molar-refractivity contribution < 1.29 is 19.1 Å². The van der Waals surface area contributed by atoms with Gasteiger partial charge in [0.15, 0.2) is 0 Å². The first-order valence-electron chi connectivity index (χ1n) is 11.8. The van der Waals surface area contributed by atoms with E-state index >= 15 is 0 Å². The van der Waals surface area contributed by atoms with Gasteiger partial charge in [0.25, 0.3) is 5.91 Å². The number of halogens is 2. The number of rotatable bonds is 9. The molecule has 2 aromatic rings. The topological polar surface area (TPSA) is 94.6 Å². The number of likely N-dealkylation sites (tertiary alicyclic amines) is 1. The van der Waals surface area contributed by atoms with Crippen LogP contribution in [-0.2, 0) is 17.6 Å². The SMILES string of the molecule is O=C(N[C@@H](CCN1CC[C@@H](CCc2ccc3c(n2)NCCC3)C1)C(=O)O)c1cccc(F)c1Cl. The van der Waals surface area contributed by atoms with Crippen LogP contribution in [0.2, 0.25) is 5.02 Å². The molecule has 0 unspecified atom stereocenters. The quantitative estimate of drug-likeness (QED) is 0.497. The zero-order valence-electron chi connectivity index (χ0n) is 19.0. The van der Waals surface area contributed by atoms with Crippen LogP contribution in [0.25, 0.3) is 0 Å². The second-order valence-electron chi connectivity index (χ2n) is 9.09. The van der Waals surface area contributed by atoms with Gasteiger partial charge in [0.05, 0.1) is 10.6 Å². The summed E-state index contributed by atoms with van der Waals surface area (Å²) in [5, 5.41) is 15.1. The number of nitrogens with zero attached hydrogens (tertiary/aromatic N) is 2. The molecule has 0 bridgehead atoms. The highest BCUT2D eigenvalue weighted by atomic mass is 35.5. The minimum absolute atomic E-state index is 0.0693. The second kappa shape index (κ2) is 11.1. The molecule has 0 spiro atoms. The Balaban J connectivity index is 1.24. The summed E-state index contributed by atoms with van der Waals surface area (Å²) in [5.41, 5.74) is 2.33. The first-order chi connectivity index (χ1) is 16.4. The van der Waals surface area contributed by atoms with E-state index in [9.17, 15) is 19.1 Å². The van der Waals surface area contributed by atoms with Crippen molar-refractivity contribution in [2.24, 2.45) is 5.92 Å². The number of pyridine rings is 1. The number of carboxylic acids is 1. The lowest BCUT2D eigenvalue weighted by atomic mass is 10.00. The molecule has 1 fully saturated rings. The van der Waals surface area contributed by atoms with Gasteiger partial charge < -0.3 is 20.6 Å². The van der Waals surface area contributed by atoms with Crippen molar-refractivity contribution in [1.82, 2.24) is 15.2 Å². The lowest BCUT2D eigenvalue weighted by molar-refractivity contribution is -0.139. The number of hydrogen-bond donors (Lipinski definition) is 3. The number of benzene rings is 1. The van der Waals surface area contributed by atoms with Crippen LogP contribution < -0.4 is 10.6 Å². The smallest absolute Gasteiger partial charge is 0.326 e. The van der Waals surface area contributed by atoms with Crippen molar-refractivity contribution in [3.63, 3.8) is 0 Å². The molecule has 1 aromatic carbocycles. The number of aryl methyl sites for hydroxylation is 2. The van der Waals surface area contributed by atoms with Crippen molar-refractivity contribution in [3.8, 4) is 0 Å². The van der Waals surface area contributed by atoms with Crippen LogP contribution in [0.3, 0.4) is 0 Å². The summed E-state index contributed by atoms with van der Waals surface area (Å²) in [6.45, 7) is 3.35. The van der Waals surface area contributed by atoms with Crippen LogP contribution in [0, 0.1) is 11.7 Å². The molecule has 2 aliphatic rings. The van der Waals surface area contributed by atoms with Crippen molar-refractivity contribution in [1.29, 1.82) is 0 Å². The van der Waals surface area contributed by atoms with Crippen molar-refractivity contribution in [2.45, 2.75) is 44.6 Å². The number of carboxylic acid groups (broad SMARTS) is 1. The standard InChI is InChI=1S/C25H30ClFN4O3/c26-22-19(4-1-5-20(22)27)24(32)30-21(25(33)34)11-14-31-13-10-16(15-31)6-8-18-9-7-17-3-2-12-28-23(17)29-18/h1,4-5,7,9,16,21H,2-3,6,8,10-15H2,(H,28,29)(H,30,32)(H,33,34)/t16-,21+/m1/s1. The molecule has 34 heavy (non-hydrogen) atoms. The zero-order chi connectivity index (χ0) is 24.1. The molecular weight excluding hydrogens is 459 g/mol. The molecule has 0 radical (unpaired) electrons. The van der Waals surface area contributed by atoms with Crippen LogP contribution in [0.5, 0.6) is 0 Å². The van der Waals surface area contributed by atoms with Gasteiger partial charge in [-0.15, -0.1) is 0 Å². The maximum Gasteiger partial charge on any atom is 0.326 e. The Bertz CT molecular complexity index is 1050. The molecule has 182 valence electrons. The number of carbonyl (C=O) groups is 2. The zero-order valence-corrected chi connectivity index (χ0v) is 19.8. The highest BCUT2D eigenvalue weighted by molar-refractivity contribution is 6.34. The van der Waals surface area contributed by atoms with Gasteiger partial charge in [-0.25, -0.2) is 14.2 Å². The number of carbonyl (C=O) groups excluding carboxylic acids is 1. The second-order valence-corrected chi connectivity index (χ2v) is 9.47. The number of anilines is 1. The number of aliphatic carboxylic acids is 1. The monoisotopic (exact) mass is 488 g/mol. The maximum absolute atomic E-state index is 13.6. The summed E-state index contributed by atoms with van der Waals surface area (Å²) >= 11 is 5.86. The number of hydrogen-bond acceptors (Lipinski definition) is 5. The summed E-state index contributed by atoms with van der Waals surface area (Å²) in [6, 6.07) is 7.13. The molecule has 4 rings (SSSR count). The van der Waals surface area contributed by atoms with Gasteiger partial charge in [-0.05, 0) is 74.8 Å². The first-order valence-corrected chi connectivity index (χ1v) is 12.2. The van der Waals surface area contributed by atoms with Gasteiger partial charge in [-0.2, -0.15) is 0 Å². The normalized spacial score (nSPS) is 18.7. The van der Waals surface area contributed by atoms with Crippen LogP contribution in [0.15, 0.2) is 30.3 Å². The molecular formula is C25H30ClFN4O3. The Kier molecular flexibility index (Phi) is 8.00. The molecule has 0 aliphatic carbocycles. The number of amides is 1. The van der Waals surface area contributed by atoms with Crippen molar-refractivity contribution in [3.05, 3.63) is 58.0 Å². The highest BCUT2D eigenvalue weighted by Gasteiger charge is 2.27. The van der Waals surface area contributed by atoms with Crippen LogP contribution in [-0.4, -0.2) is 59.1 Å². The molecule has 2 aliphatic heterocycles. The van der Waals surface area contributed by atoms with Crippen LogP contribution in [0.4, 0.5) is 10.2 Å². The van der Waals surface area contributed by atoms with Gasteiger partial charge >= 0.3 is 5.97 Å². The number of nitrogens with one attached hydrogen (secondary N) is 2. The molecule has 0 saturated carbocycles. The summed E-state index contributed by atoms with van der Waals surface area (Å²) in [7, 11) is 0. The highest BCUT2D eigenvalue weighted by Crippen LogP contribution is 2.24. The van der Waals surface area contributed by atoms with E-state index in [1.807, 2.05) is 0 Å². The van der Waals surface area contributed by atoms with E-state index in [1.165, 1.54) is 17.7 Å². The molecule has 1 saturated heterocycles. The Morgan fingerprint density at radius 3 is 3.00 bits per heavy atom. The predicted octanol–water partition coefficient (Wildman–Crippen LogP) is 3.76. The van der Waals surface area contributed by atoms with E-state index in [0.717, 1.165) is 69.3 Å². The van der Waals surface area contributed by atoms with Gasteiger partial charge in [0.1, 0.15) is 17.7 Å². The largest absolute Gasteiger partial charge is 0.480 e. The number of aromatic nitrogens is 1. The van der Waals surface area contributed by atoms with Gasteiger partial charge in [-0.1, -0.05) is 23.7 Å². The third kappa shape index (κ3) is 6.04. The van der Waals surface area contributed by atoms with E-state index in [2.05, 4.69) is 27.7 Å². The van der Waals surface area contributed by atoms with E-state index in [4.69, 9.17) is 16.6 Å². The fourth-order valence-electron chi connectivity index (χ4n) is 4.70. The van der Waals surface area contributed by atoms with Gasteiger partial charge in [-0.3, -0.25) is 4.79 Å². The molecule has 3 N–H and O–H groups in total. The fourth-order valence-corrected chi connectivity index (χ4v) is 4.91. The molecule has 1 amide bonds. The molecule has 9 heteroatoms. The van der Waals surface area contributed by atoms with Crippen LogP contribution >= 0.6 is 11.6 Å². The minimum Gasteiger partial charge on any atom is -0.480 e. The van der Waals surface area contributed by atoms with Crippen molar-refractivity contribution in [2.75, 3.05) is 31.5 Å². The maximum atomic E-state index is 13.6. The summed E-state index contributed by atoms with van der Waals surface area (Å²) in [4.78, 5) is 31.2. The first kappa shape index (κ1) is 24.4. The van der Waals surface area contributed by atoms with Gasteiger partial charge in [0, 0.05) is 25.3 Å². The van der Waals surface area contributed by atoms with E-state index in [-0.39, 0.29) is 17.0 Å². The average molecular weight is 489 g/mol. The van der Waals surface area contributed by atoms with E-state index < -0.39 is 23.7 Å². The molecule has 7 nitrogen and oxygen atoms in total. The third-order valence-corrected chi connectivity index (χ3v) is 7.05. The average Bonchev–Trinajstić information content (AvgIpc) is 3.29. The Morgan fingerprint density at radius 1 is 1.32 bits per heavy atom. The van der Waals surface area contributed by atoms with E-state index in [1.54, 1.807) is 0 Å². The van der Waals surface area contributed by atoms with Crippen molar-refractivity contribution >= 4 is 29.3 Å². The third-order valence-electron chi connectivity index (χ3n) is 6.66. The Morgan fingerprint density at radius 2 is 2.18 bits per heavy atom.